The van der Waals surface area contributed by atoms with Crippen molar-refractivity contribution in [3.63, 3.8) is 0 Å². The van der Waals surface area contributed by atoms with Gasteiger partial charge in [0.25, 0.3) is 0 Å². The van der Waals surface area contributed by atoms with Gasteiger partial charge in [0.1, 0.15) is 5.51 Å². The van der Waals surface area contributed by atoms with E-state index in [1.165, 1.54) is 11.3 Å². The van der Waals surface area contributed by atoms with Gasteiger partial charge in [-0.25, -0.2) is 0 Å². The van der Waals surface area contributed by atoms with E-state index in [-0.39, 0.29) is 6.10 Å². The van der Waals surface area contributed by atoms with Crippen molar-refractivity contribution < 1.29 is 9.84 Å². The minimum Gasteiger partial charge on any atom is -0.391 e. The molecule has 0 saturated carbocycles. The predicted molar refractivity (Wildman–Crippen MR) is 63.9 cm³/mol. The van der Waals surface area contributed by atoms with E-state index < -0.39 is 0 Å². The predicted octanol–water partition coefficient (Wildman–Crippen LogP) is 0.323. The van der Waals surface area contributed by atoms with Crippen molar-refractivity contribution in [1.82, 2.24) is 15.1 Å². The zero-order valence-electron chi connectivity index (χ0n) is 8.91. The first-order valence-corrected chi connectivity index (χ1v) is 7.08. The molecule has 1 fully saturated rings. The molecule has 0 radical (unpaired) electrons. The highest BCUT2D eigenvalue weighted by molar-refractivity contribution is 8.01. The molecule has 1 aliphatic rings. The standard InChI is InChI=1S/C9H15N3O2S2/c13-8(5-12-1-3-14-4-2-12)6-15-9-11-10-7-16-9/h7-8,13H,1-6H2. The third-order valence-electron chi connectivity index (χ3n) is 2.31. The SMILES string of the molecule is OC(CSc1nncs1)CN1CCOCC1. The molecule has 5 nitrogen and oxygen atoms in total. The van der Waals surface area contributed by atoms with Crippen molar-refractivity contribution in [2.24, 2.45) is 0 Å². The molecule has 2 heterocycles. The molecule has 90 valence electrons. The first kappa shape index (κ1) is 12.3. The molecule has 0 spiro atoms. The van der Waals surface area contributed by atoms with E-state index in [0.29, 0.717) is 5.75 Å². The van der Waals surface area contributed by atoms with Crippen molar-refractivity contribution >= 4 is 23.1 Å². The number of morpholine rings is 1. The number of aromatic nitrogens is 2. The lowest BCUT2D eigenvalue weighted by Gasteiger charge is -2.28. The van der Waals surface area contributed by atoms with Crippen LogP contribution in [0.15, 0.2) is 9.85 Å². The van der Waals surface area contributed by atoms with Crippen molar-refractivity contribution in [2.45, 2.75) is 10.4 Å². The molecule has 0 bridgehead atoms. The van der Waals surface area contributed by atoms with Crippen molar-refractivity contribution in [1.29, 1.82) is 0 Å². The van der Waals surface area contributed by atoms with Gasteiger partial charge in [-0.3, -0.25) is 4.90 Å². The highest BCUT2D eigenvalue weighted by Crippen LogP contribution is 2.19. The van der Waals surface area contributed by atoms with Gasteiger partial charge in [0, 0.05) is 25.4 Å². The van der Waals surface area contributed by atoms with Gasteiger partial charge in [0.2, 0.25) is 0 Å². The van der Waals surface area contributed by atoms with Gasteiger partial charge in [0.05, 0.1) is 19.3 Å². The maximum absolute atomic E-state index is 9.85. The van der Waals surface area contributed by atoms with Gasteiger partial charge >= 0.3 is 0 Å². The molecule has 0 aliphatic carbocycles. The Morgan fingerprint density at radius 3 is 3.06 bits per heavy atom. The van der Waals surface area contributed by atoms with Crippen LogP contribution in [0.3, 0.4) is 0 Å². The van der Waals surface area contributed by atoms with Crippen LogP contribution in [0, 0.1) is 0 Å². The van der Waals surface area contributed by atoms with E-state index >= 15 is 0 Å². The second-order valence-electron chi connectivity index (χ2n) is 3.58. The minimum absolute atomic E-state index is 0.313. The zero-order chi connectivity index (χ0) is 11.2. The first-order valence-electron chi connectivity index (χ1n) is 5.22. The van der Waals surface area contributed by atoms with Gasteiger partial charge < -0.3 is 9.84 Å². The van der Waals surface area contributed by atoms with Crippen molar-refractivity contribution in [3.8, 4) is 0 Å². The van der Waals surface area contributed by atoms with Crippen molar-refractivity contribution in [2.75, 3.05) is 38.6 Å². The molecule has 1 atom stereocenters. The zero-order valence-corrected chi connectivity index (χ0v) is 10.5. The fourth-order valence-electron chi connectivity index (χ4n) is 1.53. The van der Waals surface area contributed by atoms with Crippen LogP contribution in [-0.2, 0) is 4.74 Å². The summed E-state index contributed by atoms with van der Waals surface area (Å²) in [6, 6.07) is 0. The second kappa shape index (κ2) is 6.51. The van der Waals surface area contributed by atoms with Crippen LogP contribution in [-0.4, -0.2) is 64.9 Å². The van der Waals surface area contributed by atoms with E-state index in [4.69, 9.17) is 4.74 Å². The average Bonchev–Trinajstić information content (AvgIpc) is 2.81. The lowest BCUT2D eigenvalue weighted by Crippen LogP contribution is -2.41. The fourth-order valence-corrected chi connectivity index (χ4v) is 2.96. The lowest BCUT2D eigenvalue weighted by atomic mass is 10.3. The third kappa shape index (κ3) is 3.99. The maximum atomic E-state index is 9.85. The van der Waals surface area contributed by atoms with Gasteiger partial charge in [-0.1, -0.05) is 23.1 Å². The summed E-state index contributed by atoms with van der Waals surface area (Å²) in [5, 5.41) is 17.5. The highest BCUT2D eigenvalue weighted by atomic mass is 32.2. The van der Waals surface area contributed by atoms with E-state index in [9.17, 15) is 5.11 Å². The summed E-state index contributed by atoms with van der Waals surface area (Å²) in [5.41, 5.74) is 1.71. The molecule has 1 N–H and O–H groups in total. The van der Waals surface area contributed by atoms with Crippen LogP contribution < -0.4 is 0 Å². The van der Waals surface area contributed by atoms with E-state index in [1.54, 1.807) is 17.3 Å². The molecule has 2 rings (SSSR count). The summed E-state index contributed by atoms with van der Waals surface area (Å²) in [6.45, 7) is 4.10. The number of rotatable bonds is 5. The summed E-state index contributed by atoms with van der Waals surface area (Å²) in [7, 11) is 0. The maximum Gasteiger partial charge on any atom is 0.174 e. The highest BCUT2D eigenvalue weighted by Gasteiger charge is 2.15. The van der Waals surface area contributed by atoms with E-state index in [1.807, 2.05) is 0 Å². The number of thioether (sulfide) groups is 1. The van der Waals surface area contributed by atoms with Gasteiger partial charge in [-0.15, -0.1) is 10.2 Å². The molecule has 1 aromatic heterocycles. The number of ether oxygens (including phenoxy) is 1. The lowest BCUT2D eigenvalue weighted by molar-refractivity contribution is 0.0188. The van der Waals surface area contributed by atoms with Crippen LogP contribution >= 0.6 is 23.1 Å². The molecule has 1 saturated heterocycles. The monoisotopic (exact) mass is 261 g/mol. The van der Waals surface area contributed by atoms with E-state index in [0.717, 1.165) is 37.2 Å². The summed E-state index contributed by atoms with van der Waals surface area (Å²) in [5.74, 6) is 0.673. The summed E-state index contributed by atoms with van der Waals surface area (Å²) in [6.07, 6.45) is -0.313. The Balaban J connectivity index is 1.65. The van der Waals surface area contributed by atoms with E-state index in [2.05, 4.69) is 15.1 Å². The molecule has 16 heavy (non-hydrogen) atoms. The number of aliphatic hydroxyl groups excluding tert-OH is 1. The number of hydrogen-bond acceptors (Lipinski definition) is 7. The fraction of sp³-hybridized carbons (Fsp3) is 0.778. The third-order valence-corrected chi connectivity index (χ3v) is 4.32. The molecular formula is C9H15N3O2S2. The largest absolute Gasteiger partial charge is 0.391 e. The number of β-amino-alcohol motifs (C(OH)–C–C–N with tert-alkyl or cyclic N) is 1. The number of aliphatic hydroxyl groups is 1. The van der Waals surface area contributed by atoms with Crippen LogP contribution in [0.4, 0.5) is 0 Å². The topological polar surface area (TPSA) is 58.5 Å². The summed E-state index contributed by atoms with van der Waals surface area (Å²) < 4.78 is 6.17. The average molecular weight is 261 g/mol. The Kier molecular flexibility index (Phi) is 4.98. The molecule has 1 unspecified atom stereocenters. The molecule has 7 heteroatoms. The van der Waals surface area contributed by atoms with Crippen LogP contribution in [0.5, 0.6) is 0 Å². The summed E-state index contributed by atoms with van der Waals surface area (Å²) in [4.78, 5) is 2.23. The minimum atomic E-state index is -0.313. The molecular weight excluding hydrogens is 246 g/mol. The smallest absolute Gasteiger partial charge is 0.174 e. The quantitative estimate of drug-likeness (QED) is 0.771. The number of nitrogens with zero attached hydrogens (tertiary/aromatic N) is 3. The Hall–Kier alpha value is -0.210. The molecule has 1 aliphatic heterocycles. The Morgan fingerprint density at radius 2 is 2.38 bits per heavy atom. The van der Waals surface area contributed by atoms with Gasteiger partial charge in [0.15, 0.2) is 4.34 Å². The van der Waals surface area contributed by atoms with Gasteiger partial charge in [-0.05, 0) is 0 Å². The first-order chi connectivity index (χ1) is 7.84. The van der Waals surface area contributed by atoms with Crippen LogP contribution in [0.1, 0.15) is 0 Å². The molecule has 1 aromatic rings. The Bertz CT molecular complexity index is 291. The second-order valence-corrected chi connectivity index (χ2v) is 5.68. The summed E-state index contributed by atoms with van der Waals surface area (Å²) >= 11 is 3.07. The number of hydrogen-bond donors (Lipinski definition) is 1. The van der Waals surface area contributed by atoms with Crippen molar-refractivity contribution in [3.05, 3.63) is 5.51 Å². The normalized spacial score (nSPS) is 19.8. The van der Waals surface area contributed by atoms with Gasteiger partial charge in [-0.2, -0.15) is 0 Å². The molecule has 0 aromatic carbocycles. The Labute approximate surface area is 103 Å². The van der Waals surface area contributed by atoms with Crippen LogP contribution in [0.2, 0.25) is 0 Å². The Morgan fingerprint density at radius 1 is 1.56 bits per heavy atom. The molecule has 0 amide bonds. The van der Waals surface area contributed by atoms with Crippen LogP contribution in [0.25, 0.3) is 0 Å².